The number of hydrogen-bond acceptors (Lipinski definition) is 3. The van der Waals surface area contributed by atoms with Gasteiger partial charge in [0.1, 0.15) is 5.82 Å². The Labute approximate surface area is 94.9 Å². The molecule has 0 aliphatic rings. The van der Waals surface area contributed by atoms with Crippen LogP contribution in [0.3, 0.4) is 0 Å². The Morgan fingerprint density at radius 2 is 2.00 bits per heavy atom. The van der Waals surface area contributed by atoms with Gasteiger partial charge in [0.05, 0.1) is 4.90 Å². The minimum Gasteiger partial charge on any atom is -0.318 e. The zero-order valence-corrected chi connectivity index (χ0v) is 10.1. The van der Waals surface area contributed by atoms with Crippen molar-refractivity contribution in [2.45, 2.75) is 11.8 Å². The molecule has 1 aromatic rings. The number of halogens is 1. The van der Waals surface area contributed by atoms with E-state index in [0.29, 0.717) is 18.7 Å². The van der Waals surface area contributed by atoms with Crippen molar-refractivity contribution in [1.82, 2.24) is 10.0 Å². The van der Waals surface area contributed by atoms with Gasteiger partial charge in [-0.25, -0.2) is 17.5 Å². The van der Waals surface area contributed by atoms with E-state index in [2.05, 4.69) is 10.0 Å². The third kappa shape index (κ3) is 3.26. The summed E-state index contributed by atoms with van der Waals surface area (Å²) in [5.41, 5.74) is 0.316. The Kier molecular flexibility index (Phi) is 4.40. The fraction of sp³-hybridized carbons (Fsp3) is 0.400. The summed E-state index contributed by atoms with van der Waals surface area (Å²) in [6.07, 6.45) is 0. The Morgan fingerprint density at radius 1 is 1.31 bits per heavy atom. The van der Waals surface area contributed by atoms with Crippen LogP contribution in [-0.4, -0.2) is 28.6 Å². The van der Waals surface area contributed by atoms with Crippen LogP contribution in [0.2, 0.25) is 0 Å². The predicted octanol–water partition coefficient (Wildman–Crippen LogP) is 0.632. The average Bonchev–Trinajstić information content (AvgIpc) is 2.22. The van der Waals surface area contributed by atoms with Crippen molar-refractivity contribution in [3.05, 3.63) is 29.6 Å². The molecule has 0 aliphatic carbocycles. The van der Waals surface area contributed by atoms with Gasteiger partial charge < -0.3 is 5.32 Å². The summed E-state index contributed by atoms with van der Waals surface area (Å²) in [5, 5.41) is 2.83. The summed E-state index contributed by atoms with van der Waals surface area (Å²) in [6.45, 7) is 2.37. The average molecular weight is 246 g/mol. The first-order valence-electron chi connectivity index (χ1n) is 4.88. The van der Waals surface area contributed by atoms with Gasteiger partial charge in [-0.15, -0.1) is 0 Å². The molecule has 0 bridgehead atoms. The summed E-state index contributed by atoms with van der Waals surface area (Å²) in [7, 11) is -1.80. The van der Waals surface area contributed by atoms with Crippen molar-refractivity contribution in [2.24, 2.45) is 0 Å². The molecule has 0 aliphatic heterocycles. The lowest BCUT2D eigenvalue weighted by atomic mass is 10.2. The molecule has 0 saturated heterocycles. The van der Waals surface area contributed by atoms with E-state index >= 15 is 0 Å². The normalized spacial score (nSPS) is 11.7. The van der Waals surface area contributed by atoms with Gasteiger partial charge in [0.2, 0.25) is 10.0 Å². The third-order valence-corrected chi connectivity index (χ3v) is 3.57. The molecular weight excluding hydrogens is 231 g/mol. The van der Waals surface area contributed by atoms with E-state index in [1.807, 2.05) is 0 Å². The Bertz CT molecular complexity index is 460. The van der Waals surface area contributed by atoms with Crippen molar-refractivity contribution < 1.29 is 12.8 Å². The first-order chi connectivity index (χ1) is 7.47. The summed E-state index contributed by atoms with van der Waals surface area (Å²) in [5.74, 6) is -0.408. The number of benzene rings is 1. The summed E-state index contributed by atoms with van der Waals surface area (Å²) < 4.78 is 38.8. The van der Waals surface area contributed by atoms with Crippen molar-refractivity contribution in [3.63, 3.8) is 0 Å². The topological polar surface area (TPSA) is 58.2 Å². The lowest BCUT2D eigenvalue weighted by Gasteiger charge is -2.07. The molecule has 0 aromatic heterocycles. The van der Waals surface area contributed by atoms with Crippen LogP contribution in [0.15, 0.2) is 23.1 Å². The van der Waals surface area contributed by atoms with Crippen LogP contribution in [0.25, 0.3) is 0 Å². The smallest absolute Gasteiger partial charge is 0.240 e. The molecule has 0 heterocycles. The maximum absolute atomic E-state index is 13.0. The first-order valence-corrected chi connectivity index (χ1v) is 6.36. The SMILES string of the molecule is CNCCNS(=O)(=O)c1ccc(F)c(C)c1. The molecule has 0 atom stereocenters. The summed E-state index contributed by atoms with van der Waals surface area (Å²) >= 11 is 0. The quantitative estimate of drug-likeness (QED) is 0.749. The molecule has 0 radical (unpaired) electrons. The second-order valence-corrected chi connectivity index (χ2v) is 5.18. The van der Waals surface area contributed by atoms with Crippen molar-refractivity contribution in [2.75, 3.05) is 20.1 Å². The second kappa shape index (κ2) is 5.38. The molecule has 1 aromatic carbocycles. The van der Waals surface area contributed by atoms with Gasteiger partial charge in [-0.1, -0.05) is 0 Å². The van der Waals surface area contributed by atoms with Crippen molar-refractivity contribution in [1.29, 1.82) is 0 Å². The zero-order valence-electron chi connectivity index (χ0n) is 9.25. The minimum atomic E-state index is -3.53. The lowest BCUT2D eigenvalue weighted by Crippen LogP contribution is -2.30. The monoisotopic (exact) mass is 246 g/mol. The minimum absolute atomic E-state index is 0.0857. The van der Waals surface area contributed by atoms with Crippen LogP contribution in [-0.2, 0) is 10.0 Å². The Morgan fingerprint density at radius 3 is 2.56 bits per heavy atom. The van der Waals surface area contributed by atoms with E-state index in [4.69, 9.17) is 0 Å². The summed E-state index contributed by atoms with van der Waals surface area (Å²) in [6, 6.07) is 3.73. The number of aryl methyl sites for hydroxylation is 1. The summed E-state index contributed by atoms with van der Waals surface area (Å²) in [4.78, 5) is 0.0857. The maximum atomic E-state index is 13.0. The molecule has 4 nitrogen and oxygen atoms in total. The van der Waals surface area contributed by atoms with Gasteiger partial charge in [-0.2, -0.15) is 0 Å². The van der Waals surface area contributed by atoms with E-state index in [1.54, 1.807) is 7.05 Å². The third-order valence-electron chi connectivity index (χ3n) is 2.11. The van der Waals surface area contributed by atoms with Gasteiger partial charge in [0, 0.05) is 13.1 Å². The molecule has 0 amide bonds. The standard InChI is InChI=1S/C10H15FN2O2S/c1-8-7-9(3-4-10(8)11)16(14,15)13-6-5-12-2/h3-4,7,12-13H,5-6H2,1-2H3. The predicted molar refractivity (Wildman–Crippen MR) is 60.3 cm³/mol. The van der Waals surface area contributed by atoms with Gasteiger partial charge in [0.25, 0.3) is 0 Å². The molecule has 90 valence electrons. The number of sulfonamides is 1. The number of hydrogen-bond donors (Lipinski definition) is 2. The molecule has 0 unspecified atom stereocenters. The van der Waals surface area contributed by atoms with E-state index in [-0.39, 0.29) is 4.90 Å². The van der Waals surface area contributed by atoms with Crippen LogP contribution in [0.5, 0.6) is 0 Å². The van der Waals surface area contributed by atoms with Crippen LogP contribution in [0, 0.1) is 12.7 Å². The van der Waals surface area contributed by atoms with Gasteiger partial charge in [-0.3, -0.25) is 0 Å². The lowest BCUT2D eigenvalue weighted by molar-refractivity contribution is 0.578. The molecule has 2 N–H and O–H groups in total. The Balaban J connectivity index is 2.86. The number of nitrogens with one attached hydrogen (secondary N) is 2. The fourth-order valence-corrected chi connectivity index (χ4v) is 2.29. The zero-order chi connectivity index (χ0) is 12.2. The fourth-order valence-electron chi connectivity index (χ4n) is 1.18. The van der Waals surface area contributed by atoms with Gasteiger partial charge in [0.15, 0.2) is 0 Å². The highest BCUT2D eigenvalue weighted by molar-refractivity contribution is 7.89. The maximum Gasteiger partial charge on any atom is 0.240 e. The van der Waals surface area contributed by atoms with Crippen LogP contribution in [0.1, 0.15) is 5.56 Å². The number of likely N-dealkylation sites (N-methyl/N-ethyl adjacent to an activating group) is 1. The number of rotatable bonds is 5. The van der Waals surface area contributed by atoms with Crippen molar-refractivity contribution in [3.8, 4) is 0 Å². The van der Waals surface area contributed by atoms with E-state index in [0.717, 1.165) is 6.07 Å². The highest BCUT2D eigenvalue weighted by Crippen LogP contribution is 2.13. The van der Waals surface area contributed by atoms with Crippen molar-refractivity contribution >= 4 is 10.0 Å². The molecule has 0 spiro atoms. The highest BCUT2D eigenvalue weighted by Gasteiger charge is 2.14. The molecule has 0 fully saturated rings. The largest absolute Gasteiger partial charge is 0.318 e. The first kappa shape index (κ1) is 13.1. The van der Waals surface area contributed by atoms with Gasteiger partial charge >= 0.3 is 0 Å². The molecule has 1 rings (SSSR count). The van der Waals surface area contributed by atoms with Crippen LogP contribution in [0.4, 0.5) is 4.39 Å². The Hall–Kier alpha value is -0.980. The molecule has 16 heavy (non-hydrogen) atoms. The van der Waals surface area contributed by atoms with Crippen LogP contribution < -0.4 is 10.0 Å². The highest BCUT2D eigenvalue weighted by atomic mass is 32.2. The molecule has 6 heteroatoms. The van der Waals surface area contributed by atoms with E-state index in [1.165, 1.54) is 19.1 Å². The second-order valence-electron chi connectivity index (χ2n) is 3.41. The van der Waals surface area contributed by atoms with E-state index in [9.17, 15) is 12.8 Å². The van der Waals surface area contributed by atoms with Crippen LogP contribution >= 0.6 is 0 Å². The van der Waals surface area contributed by atoms with E-state index < -0.39 is 15.8 Å². The van der Waals surface area contributed by atoms with Gasteiger partial charge in [-0.05, 0) is 37.7 Å². The molecular formula is C10H15FN2O2S. The molecule has 0 saturated carbocycles.